The SMILES string of the molecule is C=CCC1N(CC=C)C=CN1CC=C.Cl. The minimum absolute atomic E-state index is 0. The zero-order valence-electron chi connectivity index (χ0n) is 9.01. The molecule has 0 bridgehead atoms. The molecule has 84 valence electrons. The van der Waals surface area contributed by atoms with Crippen LogP contribution in [0.3, 0.4) is 0 Å². The molecule has 0 radical (unpaired) electrons. The van der Waals surface area contributed by atoms with E-state index in [1.165, 1.54) is 0 Å². The lowest BCUT2D eigenvalue weighted by Gasteiger charge is -2.30. The van der Waals surface area contributed by atoms with Crippen LogP contribution in [0, 0.1) is 0 Å². The Bertz CT molecular complexity index is 228. The third-order valence-corrected chi connectivity index (χ3v) is 2.27. The van der Waals surface area contributed by atoms with Gasteiger partial charge >= 0.3 is 0 Å². The van der Waals surface area contributed by atoms with Crippen molar-refractivity contribution in [3.8, 4) is 0 Å². The van der Waals surface area contributed by atoms with Gasteiger partial charge in [0.25, 0.3) is 0 Å². The van der Waals surface area contributed by atoms with Crippen molar-refractivity contribution in [3.05, 3.63) is 50.4 Å². The van der Waals surface area contributed by atoms with Gasteiger partial charge in [0.05, 0.1) is 0 Å². The summed E-state index contributed by atoms with van der Waals surface area (Å²) in [7, 11) is 0. The largest absolute Gasteiger partial charge is 0.352 e. The second-order valence-corrected chi connectivity index (χ2v) is 3.27. The number of nitrogens with zero attached hydrogens (tertiary/aromatic N) is 2. The van der Waals surface area contributed by atoms with Gasteiger partial charge in [-0.3, -0.25) is 0 Å². The highest BCUT2D eigenvalue weighted by molar-refractivity contribution is 5.85. The number of rotatable bonds is 6. The van der Waals surface area contributed by atoms with E-state index >= 15 is 0 Å². The molecule has 0 saturated carbocycles. The van der Waals surface area contributed by atoms with Crippen molar-refractivity contribution >= 4 is 12.4 Å². The first kappa shape index (κ1) is 13.8. The molecule has 3 heteroatoms. The third-order valence-electron chi connectivity index (χ3n) is 2.27. The molecule has 0 aromatic rings. The Hall–Kier alpha value is -1.15. The van der Waals surface area contributed by atoms with E-state index in [9.17, 15) is 0 Å². The molecule has 0 unspecified atom stereocenters. The second-order valence-electron chi connectivity index (χ2n) is 3.27. The molecule has 0 saturated heterocycles. The standard InChI is InChI=1S/C12H18N2.ClH/c1-4-7-12-13(8-5-2)10-11-14(12)9-6-3;/h4-6,10-12H,1-3,7-9H2;1H. The zero-order chi connectivity index (χ0) is 10.4. The summed E-state index contributed by atoms with van der Waals surface area (Å²) in [5.41, 5.74) is 0. The summed E-state index contributed by atoms with van der Waals surface area (Å²) in [4.78, 5) is 4.50. The van der Waals surface area contributed by atoms with Crippen molar-refractivity contribution in [1.82, 2.24) is 9.80 Å². The molecule has 1 heterocycles. The van der Waals surface area contributed by atoms with Crippen LogP contribution in [0.4, 0.5) is 0 Å². The van der Waals surface area contributed by atoms with Crippen molar-refractivity contribution in [3.63, 3.8) is 0 Å². The fraction of sp³-hybridized carbons (Fsp3) is 0.333. The van der Waals surface area contributed by atoms with Gasteiger partial charge in [0, 0.05) is 31.9 Å². The first-order valence-electron chi connectivity index (χ1n) is 4.86. The maximum Gasteiger partial charge on any atom is 0.105 e. The molecule has 0 aliphatic carbocycles. The Balaban J connectivity index is 0.00000196. The highest BCUT2D eigenvalue weighted by Gasteiger charge is 2.22. The van der Waals surface area contributed by atoms with Gasteiger partial charge in [-0.1, -0.05) is 18.2 Å². The maximum atomic E-state index is 3.78. The van der Waals surface area contributed by atoms with Gasteiger partial charge in [0.1, 0.15) is 6.17 Å². The van der Waals surface area contributed by atoms with Crippen LogP contribution in [0.1, 0.15) is 6.42 Å². The van der Waals surface area contributed by atoms with E-state index in [2.05, 4.69) is 41.9 Å². The van der Waals surface area contributed by atoms with Crippen molar-refractivity contribution in [2.24, 2.45) is 0 Å². The van der Waals surface area contributed by atoms with Crippen LogP contribution in [0.5, 0.6) is 0 Å². The Morgan fingerprint density at radius 1 is 0.933 bits per heavy atom. The van der Waals surface area contributed by atoms with Gasteiger partial charge in [-0.05, 0) is 0 Å². The van der Waals surface area contributed by atoms with Crippen molar-refractivity contribution in [2.45, 2.75) is 12.6 Å². The van der Waals surface area contributed by atoms with E-state index in [1.807, 2.05) is 18.2 Å². The van der Waals surface area contributed by atoms with E-state index < -0.39 is 0 Å². The Morgan fingerprint density at radius 3 is 1.73 bits per heavy atom. The monoisotopic (exact) mass is 226 g/mol. The number of hydrogen-bond donors (Lipinski definition) is 0. The molecular weight excluding hydrogens is 208 g/mol. The third kappa shape index (κ3) is 3.48. The number of halogens is 1. The summed E-state index contributed by atoms with van der Waals surface area (Å²) in [5, 5.41) is 0. The lowest BCUT2D eigenvalue weighted by molar-refractivity contribution is 0.178. The van der Waals surface area contributed by atoms with E-state index in [4.69, 9.17) is 0 Å². The highest BCUT2D eigenvalue weighted by Crippen LogP contribution is 2.18. The molecule has 1 rings (SSSR count). The minimum Gasteiger partial charge on any atom is -0.352 e. The molecule has 1 aliphatic rings. The van der Waals surface area contributed by atoms with Crippen LogP contribution in [0.15, 0.2) is 50.4 Å². The van der Waals surface area contributed by atoms with Crippen molar-refractivity contribution in [1.29, 1.82) is 0 Å². The molecule has 2 nitrogen and oxygen atoms in total. The Kier molecular flexibility index (Phi) is 6.63. The Labute approximate surface area is 98.7 Å². The summed E-state index contributed by atoms with van der Waals surface area (Å²) in [6.07, 6.45) is 11.3. The molecule has 0 aromatic carbocycles. The summed E-state index contributed by atoms with van der Waals surface area (Å²) in [6.45, 7) is 13.0. The van der Waals surface area contributed by atoms with Gasteiger partial charge in [-0.25, -0.2) is 0 Å². The van der Waals surface area contributed by atoms with Gasteiger partial charge < -0.3 is 9.80 Å². The summed E-state index contributed by atoms with van der Waals surface area (Å²) in [6, 6.07) is 0. The smallest absolute Gasteiger partial charge is 0.105 e. The van der Waals surface area contributed by atoms with Gasteiger partial charge in [0.2, 0.25) is 0 Å². The predicted molar refractivity (Wildman–Crippen MR) is 68.8 cm³/mol. The van der Waals surface area contributed by atoms with Crippen LogP contribution in [-0.4, -0.2) is 29.1 Å². The lowest BCUT2D eigenvalue weighted by Crippen LogP contribution is -2.38. The summed E-state index contributed by atoms with van der Waals surface area (Å²) >= 11 is 0. The van der Waals surface area contributed by atoms with Crippen LogP contribution in [-0.2, 0) is 0 Å². The van der Waals surface area contributed by atoms with E-state index in [0.29, 0.717) is 6.17 Å². The molecule has 0 N–H and O–H groups in total. The second kappa shape index (κ2) is 7.18. The zero-order valence-corrected chi connectivity index (χ0v) is 9.83. The maximum absolute atomic E-state index is 3.78. The minimum atomic E-state index is 0. The molecular formula is C12H19ClN2. The first-order valence-corrected chi connectivity index (χ1v) is 4.86. The van der Waals surface area contributed by atoms with E-state index in [0.717, 1.165) is 19.5 Å². The lowest BCUT2D eigenvalue weighted by atomic mass is 10.3. The van der Waals surface area contributed by atoms with E-state index in [1.54, 1.807) is 0 Å². The highest BCUT2D eigenvalue weighted by atomic mass is 35.5. The fourth-order valence-corrected chi connectivity index (χ4v) is 1.64. The van der Waals surface area contributed by atoms with Crippen LogP contribution in [0.25, 0.3) is 0 Å². The van der Waals surface area contributed by atoms with Gasteiger partial charge in [-0.15, -0.1) is 32.1 Å². The first-order chi connectivity index (χ1) is 6.83. The quantitative estimate of drug-likeness (QED) is 0.643. The summed E-state index contributed by atoms with van der Waals surface area (Å²) in [5.74, 6) is 0. The fourth-order valence-electron chi connectivity index (χ4n) is 1.64. The topological polar surface area (TPSA) is 6.48 Å². The average molecular weight is 227 g/mol. The van der Waals surface area contributed by atoms with Gasteiger partial charge in [0.15, 0.2) is 0 Å². The van der Waals surface area contributed by atoms with Gasteiger partial charge in [-0.2, -0.15) is 0 Å². The van der Waals surface area contributed by atoms with Crippen LogP contribution < -0.4 is 0 Å². The van der Waals surface area contributed by atoms with Crippen molar-refractivity contribution in [2.75, 3.05) is 13.1 Å². The molecule has 0 atom stereocenters. The average Bonchev–Trinajstić information content (AvgIpc) is 2.52. The molecule has 1 aliphatic heterocycles. The Morgan fingerprint density at radius 2 is 1.40 bits per heavy atom. The predicted octanol–water partition coefficient (Wildman–Crippen LogP) is 2.77. The van der Waals surface area contributed by atoms with E-state index in [-0.39, 0.29) is 12.4 Å². The molecule has 15 heavy (non-hydrogen) atoms. The van der Waals surface area contributed by atoms with Crippen molar-refractivity contribution < 1.29 is 0 Å². The van der Waals surface area contributed by atoms with Crippen LogP contribution in [0.2, 0.25) is 0 Å². The van der Waals surface area contributed by atoms with Crippen LogP contribution >= 0.6 is 12.4 Å². The molecule has 0 spiro atoms. The number of hydrogen-bond acceptors (Lipinski definition) is 2. The normalized spacial score (nSPS) is 14.9. The summed E-state index contributed by atoms with van der Waals surface area (Å²) < 4.78 is 0. The molecule has 0 amide bonds. The molecule has 0 aromatic heterocycles. The molecule has 0 fully saturated rings.